The van der Waals surface area contributed by atoms with E-state index >= 15 is 0 Å². The number of rotatable bonds is 3. The smallest absolute Gasteiger partial charge is 0.339 e. The molecule has 0 N–H and O–H groups in total. The van der Waals surface area contributed by atoms with E-state index in [0.29, 0.717) is 11.3 Å². The summed E-state index contributed by atoms with van der Waals surface area (Å²) in [6.45, 7) is 3.84. The zero-order chi connectivity index (χ0) is 16.7. The lowest BCUT2D eigenvalue weighted by Crippen LogP contribution is -2.11. The molecule has 5 nitrogen and oxygen atoms in total. The molecule has 3 aromatic rings. The van der Waals surface area contributed by atoms with Crippen molar-refractivity contribution < 1.29 is 14.1 Å². The summed E-state index contributed by atoms with van der Waals surface area (Å²) < 4.78 is 10.7. The second kappa shape index (κ2) is 5.74. The standard InChI is InChI=1S/C19H18N2O3/c1-11-15(12(2)24-21-11)10-23-19(22)18-13-6-3-4-8-16(13)20-17-9-5-7-14(17)18/h3-4,6,8H,5,7,9-10H2,1-2H3. The Kier molecular flexibility index (Phi) is 3.56. The Morgan fingerprint density at radius 1 is 1.25 bits per heavy atom. The number of hydrogen-bond donors (Lipinski definition) is 0. The third-order valence-electron chi connectivity index (χ3n) is 4.65. The molecule has 122 valence electrons. The van der Waals surface area contributed by atoms with E-state index < -0.39 is 0 Å². The van der Waals surface area contributed by atoms with Crippen molar-refractivity contribution in [2.75, 3.05) is 0 Å². The molecule has 1 aliphatic rings. The van der Waals surface area contributed by atoms with Crippen molar-refractivity contribution in [2.45, 2.75) is 39.7 Å². The number of aryl methyl sites for hydroxylation is 3. The molecule has 0 atom stereocenters. The molecule has 1 aromatic carbocycles. The Hall–Kier alpha value is -2.69. The number of hydrogen-bond acceptors (Lipinski definition) is 5. The lowest BCUT2D eigenvalue weighted by molar-refractivity contribution is 0.0472. The van der Waals surface area contributed by atoms with Crippen molar-refractivity contribution in [3.8, 4) is 0 Å². The van der Waals surface area contributed by atoms with Gasteiger partial charge in [0.25, 0.3) is 0 Å². The number of carbonyl (C=O) groups is 1. The van der Waals surface area contributed by atoms with Crippen LogP contribution in [-0.4, -0.2) is 16.1 Å². The minimum atomic E-state index is -0.299. The summed E-state index contributed by atoms with van der Waals surface area (Å²) in [5.74, 6) is 0.386. The molecular formula is C19H18N2O3. The Morgan fingerprint density at radius 3 is 2.88 bits per heavy atom. The topological polar surface area (TPSA) is 65.2 Å². The van der Waals surface area contributed by atoms with E-state index in [9.17, 15) is 4.79 Å². The van der Waals surface area contributed by atoms with E-state index in [2.05, 4.69) is 5.16 Å². The van der Waals surface area contributed by atoms with Gasteiger partial charge in [0.2, 0.25) is 0 Å². The molecular weight excluding hydrogens is 304 g/mol. The van der Waals surface area contributed by atoms with E-state index in [4.69, 9.17) is 14.2 Å². The minimum Gasteiger partial charge on any atom is -0.457 e. The van der Waals surface area contributed by atoms with Crippen molar-refractivity contribution >= 4 is 16.9 Å². The van der Waals surface area contributed by atoms with Crippen LogP contribution in [0, 0.1) is 13.8 Å². The number of carbonyl (C=O) groups excluding carboxylic acids is 1. The van der Waals surface area contributed by atoms with Crippen molar-refractivity contribution in [3.05, 3.63) is 58.1 Å². The number of ether oxygens (including phenoxy) is 1. The molecule has 0 amide bonds. The van der Waals surface area contributed by atoms with Crippen LogP contribution in [0.2, 0.25) is 0 Å². The van der Waals surface area contributed by atoms with Crippen LogP contribution in [0.25, 0.3) is 10.9 Å². The van der Waals surface area contributed by atoms with Gasteiger partial charge in [-0.05, 0) is 44.7 Å². The van der Waals surface area contributed by atoms with Crippen LogP contribution >= 0.6 is 0 Å². The molecule has 0 bridgehead atoms. The molecule has 4 rings (SSSR count). The Bertz CT molecular complexity index is 924. The highest BCUT2D eigenvalue weighted by Gasteiger charge is 2.25. The molecule has 0 saturated carbocycles. The summed E-state index contributed by atoms with van der Waals surface area (Å²) in [6.07, 6.45) is 2.83. The Labute approximate surface area is 139 Å². The third-order valence-corrected chi connectivity index (χ3v) is 4.65. The lowest BCUT2D eigenvalue weighted by atomic mass is 10.0. The molecule has 24 heavy (non-hydrogen) atoms. The van der Waals surface area contributed by atoms with Crippen LogP contribution in [-0.2, 0) is 24.2 Å². The van der Waals surface area contributed by atoms with Gasteiger partial charge in [-0.1, -0.05) is 23.4 Å². The normalized spacial score (nSPS) is 13.2. The first kappa shape index (κ1) is 14.9. The molecule has 1 aliphatic carbocycles. The molecule has 5 heteroatoms. The van der Waals surface area contributed by atoms with Crippen LogP contribution in [0.5, 0.6) is 0 Å². The number of para-hydroxylation sites is 1. The van der Waals surface area contributed by atoms with Gasteiger partial charge in [0.15, 0.2) is 0 Å². The summed E-state index contributed by atoms with van der Waals surface area (Å²) >= 11 is 0. The quantitative estimate of drug-likeness (QED) is 0.688. The number of aromatic nitrogens is 2. The second-order valence-electron chi connectivity index (χ2n) is 6.16. The van der Waals surface area contributed by atoms with E-state index in [1.54, 1.807) is 0 Å². The van der Waals surface area contributed by atoms with Gasteiger partial charge < -0.3 is 9.26 Å². The molecule has 0 spiro atoms. The molecule has 0 saturated heterocycles. The van der Waals surface area contributed by atoms with Crippen molar-refractivity contribution in [3.63, 3.8) is 0 Å². The van der Waals surface area contributed by atoms with Gasteiger partial charge in [-0.2, -0.15) is 0 Å². The summed E-state index contributed by atoms with van der Waals surface area (Å²) in [7, 11) is 0. The van der Waals surface area contributed by atoms with Crippen LogP contribution < -0.4 is 0 Å². The third kappa shape index (κ3) is 2.37. The monoisotopic (exact) mass is 322 g/mol. The van der Waals surface area contributed by atoms with Gasteiger partial charge in [0.1, 0.15) is 12.4 Å². The van der Waals surface area contributed by atoms with E-state index in [1.807, 2.05) is 38.1 Å². The highest BCUT2D eigenvalue weighted by molar-refractivity contribution is 6.05. The fourth-order valence-electron chi connectivity index (χ4n) is 3.36. The largest absolute Gasteiger partial charge is 0.457 e. The fourth-order valence-corrected chi connectivity index (χ4v) is 3.36. The summed E-state index contributed by atoms with van der Waals surface area (Å²) in [5.41, 5.74) is 5.17. The predicted octanol–water partition coefficient (Wildman–Crippen LogP) is 3.69. The van der Waals surface area contributed by atoms with Gasteiger partial charge in [0, 0.05) is 11.1 Å². The predicted molar refractivity (Wildman–Crippen MR) is 88.9 cm³/mol. The number of nitrogens with zero attached hydrogens (tertiary/aromatic N) is 2. The number of pyridine rings is 1. The summed E-state index contributed by atoms with van der Waals surface area (Å²) in [6, 6.07) is 7.75. The highest BCUT2D eigenvalue weighted by atomic mass is 16.5. The zero-order valence-electron chi connectivity index (χ0n) is 13.8. The summed E-state index contributed by atoms with van der Waals surface area (Å²) in [4.78, 5) is 17.5. The minimum absolute atomic E-state index is 0.172. The van der Waals surface area contributed by atoms with E-state index in [0.717, 1.165) is 52.7 Å². The molecule has 2 heterocycles. The maximum absolute atomic E-state index is 12.8. The first-order chi connectivity index (χ1) is 11.6. The molecule has 0 radical (unpaired) electrons. The average molecular weight is 322 g/mol. The first-order valence-corrected chi connectivity index (χ1v) is 8.14. The van der Waals surface area contributed by atoms with E-state index in [-0.39, 0.29) is 12.6 Å². The molecule has 2 aromatic heterocycles. The van der Waals surface area contributed by atoms with Crippen LogP contribution in [0.4, 0.5) is 0 Å². The van der Waals surface area contributed by atoms with Gasteiger partial charge in [0.05, 0.1) is 22.3 Å². The van der Waals surface area contributed by atoms with Gasteiger partial charge in [-0.25, -0.2) is 4.79 Å². The fraction of sp³-hybridized carbons (Fsp3) is 0.316. The van der Waals surface area contributed by atoms with Crippen molar-refractivity contribution in [1.29, 1.82) is 0 Å². The van der Waals surface area contributed by atoms with Crippen LogP contribution in [0.1, 0.15) is 45.1 Å². The molecule has 0 unspecified atom stereocenters. The molecule has 0 aliphatic heterocycles. The lowest BCUT2D eigenvalue weighted by Gasteiger charge is -2.12. The number of benzene rings is 1. The summed E-state index contributed by atoms with van der Waals surface area (Å²) in [5, 5.41) is 4.76. The van der Waals surface area contributed by atoms with Crippen LogP contribution in [0.15, 0.2) is 28.8 Å². The van der Waals surface area contributed by atoms with Gasteiger partial charge in [-0.15, -0.1) is 0 Å². The number of fused-ring (bicyclic) bond motifs is 2. The van der Waals surface area contributed by atoms with Crippen molar-refractivity contribution in [2.24, 2.45) is 0 Å². The average Bonchev–Trinajstić information content (AvgIpc) is 3.17. The zero-order valence-corrected chi connectivity index (χ0v) is 13.8. The van der Waals surface area contributed by atoms with Crippen molar-refractivity contribution in [1.82, 2.24) is 10.1 Å². The van der Waals surface area contributed by atoms with E-state index in [1.165, 1.54) is 0 Å². The SMILES string of the molecule is Cc1noc(C)c1COC(=O)c1c2c(nc3ccccc13)CCC2. The second-order valence-corrected chi connectivity index (χ2v) is 6.16. The maximum Gasteiger partial charge on any atom is 0.339 e. The van der Waals surface area contributed by atoms with Gasteiger partial charge in [-0.3, -0.25) is 4.98 Å². The Balaban J connectivity index is 1.72. The molecule has 0 fully saturated rings. The maximum atomic E-state index is 12.8. The highest BCUT2D eigenvalue weighted by Crippen LogP contribution is 2.30. The number of esters is 1. The van der Waals surface area contributed by atoms with Gasteiger partial charge >= 0.3 is 5.97 Å². The Morgan fingerprint density at radius 2 is 2.08 bits per heavy atom. The van der Waals surface area contributed by atoms with Crippen LogP contribution in [0.3, 0.4) is 0 Å². The first-order valence-electron chi connectivity index (χ1n) is 8.14.